The molecule has 0 aromatic rings. The summed E-state index contributed by atoms with van der Waals surface area (Å²) in [6.45, 7) is 9.60. The van der Waals surface area contributed by atoms with Gasteiger partial charge in [0.15, 0.2) is 0 Å². The van der Waals surface area contributed by atoms with Crippen LogP contribution in [0.4, 0.5) is 0 Å². The van der Waals surface area contributed by atoms with Crippen molar-refractivity contribution in [1.29, 1.82) is 0 Å². The van der Waals surface area contributed by atoms with E-state index in [-0.39, 0.29) is 36.7 Å². The van der Waals surface area contributed by atoms with Crippen LogP contribution in [0.1, 0.15) is 118 Å². The lowest BCUT2D eigenvalue weighted by molar-refractivity contribution is -0.164. The van der Waals surface area contributed by atoms with Gasteiger partial charge in [-0.15, -0.1) is 0 Å². The number of carboxylic acids is 1. The van der Waals surface area contributed by atoms with Crippen LogP contribution in [-0.2, 0) is 14.4 Å². The first-order chi connectivity index (χ1) is 15.9. The molecule has 194 valence electrons. The second-order valence-electron chi connectivity index (χ2n) is 12.8. The first kappa shape index (κ1) is 27.0. The summed E-state index contributed by atoms with van der Waals surface area (Å²) in [7, 11) is 0. The van der Waals surface area contributed by atoms with Gasteiger partial charge in [-0.25, -0.2) is 0 Å². The highest BCUT2D eigenvalue weighted by molar-refractivity contribution is 5.89. The van der Waals surface area contributed by atoms with Crippen LogP contribution >= 0.6 is 0 Å². The third-order valence-corrected chi connectivity index (χ3v) is 9.39. The van der Waals surface area contributed by atoms with E-state index in [1.807, 2.05) is 13.8 Å². The Morgan fingerprint density at radius 2 is 0.971 bits per heavy atom. The number of amides is 2. The van der Waals surface area contributed by atoms with Crippen LogP contribution in [0.15, 0.2) is 0 Å². The predicted molar refractivity (Wildman–Crippen MR) is 134 cm³/mol. The van der Waals surface area contributed by atoms with Crippen molar-refractivity contribution < 1.29 is 19.5 Å². The zero-order valence-electron chi connectivity index (χ0n) is 22.2. The fourth-order valence-corrected chi connectivity index (χ4v) is 7.51. The predicted octanol–water partition coefficient (Wildman–Crippen LogP) is 5.44. The fourth-order valence-electron chi connectivity index (χ4n) is 7.51. The zero-order valence-corrected chi connectivity index (χ0v) is 22.2. The van der Waals surface area contributed by atoms with Gasteiger partial charge in [0.25, 0.3) is 0 Å². The lowest BCUT2D eigenvalue weighted by Crippen LogP contribution is -2.58. The van der Waals surface area contributed by atoms with E-state index in [2.05, 4.69) is 24.5 Å². The number of rotatable bonds is 7. The van der Waals surface area contributed by atoms with Crippen molar-refractivity contribution in [3.63, 3.8) is 0 Å². The number of carbonyl (C=O) groups is 3. The van der Waals surface area contributed by atoms with Gasteiger partial charge in [-0.2, -0.15) is 0 Å². The summed E-state index contributed by atoms with van der Waals surface area (Å²) in [5.74, 6) is -0.177. The molecule has 4 atom stereocenters. The quantitative estimate of drug-likeness (QED) is 0.456. The maximum atomic E-state index is 13.6. The standard InChI is InChI=1S/C28H48N2O4/c1-19(21-12-8-6-9-13-21)29-23(31)26(3)16-27(4,18-28(5,17-26)25(33)34)24(32)30-20(2)22-14-10-7-11-15-22/h19-22H,6-18H2,1-5H3,(H,29,31)(H,30,32)(H,33,34)/t19-,20-,26?,27?,28?/m0/s1. The van der Waals surface area contributed by atoms with Crippen LogP contribution in [-0.4, -0.2) is 35.0 Å². The number of hydrogen-bond acceptors (Lipinski definition) is 3. The summed E-state index contributed by atoms with van der Waals surface area (Å²) in [6.07, 6.45) is 12.7. The van der Waals surface area contributed by atoms with Crippen LogP contribution in [0, 0.1) is 28.1 Å². The van der Waals surface area contributed by atoms with Crippen molar-refractivity contribution in [3.05, 3.63) is 0 Å². The van der Waals surface area contributed by atoms with Gasteiger partial charge >= 0.3 is 5.97 Å². The molecule has 6 heteroatoms. The Hall–Kier alpha value is -1.59. The second kappa shape index (κ2) is 10.6. The molecule has 0 aliphatic heterocycles. The summed E-state index contributed by atoms with van der Waals surface area (Å²) in [6, 6.07) is 0.128. The molecule has 0 radical (unpaired) electrons. The molecule has 0 heterocycles. The Morgan fingerprint density at radius 3 is 1.29 bits per heavy atom. The van der Waals surface area contributed by atoms with E-state index >= 15 is 0 Å². The van der Waals surface area contributed by atoms with Gasteiger partial charge in [-0.1, -0.05) is 52.4 Å². The van der Waals surface area contributed by atoms with E-state index in [1.54, 1.807) is 6.92 Å². The molecule has 34 heavy (non-hydrogen) atoms. The van der Waals surface area contributed by atoms with Crippen molar-refractivity contribution in [2.24, 2.45) is 28.1 Å². The molecule has 3 N–H and O–H groups in total. The lowest BCUT2D eigenvalue weighted by atomic mass is 9.53. The summed E-state index contributed by atoms with van der Waals surface area (Å²) in [4.78, 5) is 39.6. The molecule has 3 rings (SSSR count). The van der Waals surface area contributed by atoms with Crippen LogP contribution < -0.4 is 10.6 Å². The molecule has 0 aromatic heterocycles. The number of carboxylic acid groups (broad SMARTS) is 1. The molecule has 3 saturated carbocycles. The number of nitrogens with one attached hydrogen (secondary N) is 2. The van der Waals surface area contributed by atoms with Gasteiger partial charge in [-0.05, 0) is 77.6 Å². The van der Waals surface area contributed by atoms with Crippen LogP contribution in [0.5, 0.6) is 0 Å². The highest BCUT2D eigenvalue weighted by Crippen LogP contribution is 2.55. The normalized spacial score (nSPS) is 35.2. The van der Waals surface area contributed by atoms with Crippen molar-refractivity contribution in [1.82, 2.24) is 10.6 Å². The zero-order chi connectivity index (χ0) is 25.1. The van der Waals surface area contributed by atoms with Crippen molar-refractivity contribution in [2.45, 2.75) is 130 Å². The third kappa shape index (κ3) is 5.96. The van der Waals surface area contributed by atoms with E-state index < -0.39 is 22.2 Å². The van der Waals surface area contributed by atoms with E-state index in [4.69, 9.17) is 0 Å². The minimum absolute atomic E-state index is 0.0639. The summed E-state index contributed by atoms with van der Waals surface area (Å²) in [5, 5.41) is 16.6. The topological polar surface area (TPSA) is 95.5 Å². The van der Waals surface area contributed by atoms with E-state index in [0.717, 1.165) is 25.7 Å². The summed E-state index contributed by atoms with van der Waals surface area (Å²) >= 11 is 0. The molecule has 0 aromatic carbocycles. The third-order valence-electron chi connectivity index (χ3n) is 9.39. The largest absolute Gasteiger partial charge is 0.481 e. The Labute approximate surface area is 206 Å². The molecule has 2 amide bonds. The van der Waals surface area contributed by atoms with Crippen molar-refractivity contribution in [3.8, 4) is 0 Å². The molecule has 0 spiro atoms. The molecule has 0 bridgehead atoms. The highest BCUT2D eigenvalue weighted by atomic mass is 16.4. The maximum Gasteiger partial charge on any atom is 0.309 e. The lowest BCUT2D eigenvalue weighted by Gasteiger charge is -2.50. The van der Waals surface area contributed by atoms with Gasteiger partial charge in [0, 0.05) is 22.9 Å². The molecule has 3 aliphatic carbocycles. The number of aliphatic carboxylic acids is 1. The fraction of sp³-hybridized carbons (Fsp3) is 0.893. The Bertz CT molecular complexity index is 704. The Balaban J connectivity index is 1.77. The molecular formula is C28H48N2O4. The monoisotopic (exact) mass is 476 g/mol. The minimum Gasteiger partial charge on any atom is -0.481 e. The SMILES string of the molecule is C[C@H](NC(=O)C1(C)CC(C)(C(=O)O)CC(C)(C(=O)N[C@@H](C)C2CCCCC2)C1)C1CCCCC1. The summed E-state index contributed by atoms with van der Waals surface area (Å²) in [5.41, 5.74) is -2.94. The first-order valence-electron chi connectivity index (χ1n) is 13.7. The average Bonchev–Trinajstić information content (AvgIpc) is 2.79. The first-order valence-corrected chi connectivity index (χ1v) is 13.7. The molecule has 3 fully saturated rings. The van der Waals surface area contributed by atoms with Crippen LogP contribution in [0.3, 0.4) is 0 Å². The van der Waals surface area contributed by atoms with Gasteiger partial charge in [0.1, 0.15) is 0 Å². The van der Waals surface area contributed by atoms with E-state index in [0.29, 0.717) is 18.3 Å². The molecule has 6 nitrogen and oxygen atoms in total. The average molecular weight is 477 g/mol. The van der Waals surface area contributed by atoms with Crippen LogP contribution in [0.25, 0.3) is 0 Å². The summed E-state index contributed by atoms with van der Waals surface area (Å²) < 4.78 is 0. The molecule has 0 saturated heterocycles. The second-order valence-corrected chi connectivity index (χ2v) is 12.8. The van der Waals surface area contributed by atoms with Crippen molar-refractivity contribution >= 4 is 17.8 Å². The highest BCUT2D eigenvalue weighted by Gasteiger charge is 2.58. The van der Waals surface area contributed by atoms with Gasteiger partial charge in [0.2, 0.25) is 11.8 Å². The molecular weight excluding hydrogens is 428 g/mol. The Kier molecular flexibility index (Phi) is 8.40. The van der Waals surface area contributed by atoms with Gasteiger partial charge in [0.05, 0.1) is 5.41 Å². The van der Waals surface area contributed by atoms with Gasteiger partial charge in [-0.3, -0.25) is 14.4 Å². The van der Waals surface area contributed by atoms with E-state index in [9.17, 15) is 19.5 Å². The van der Waals surface area contributed by atoms with E-state index in [1.165, 1.54) is 38.5 Å². The molecule has 2 unspecified atom stereocenters. The smallest absolute Gasteiger partial charge is 0.309 e. The molecule has 3 aliphatic rings. The van der Waals surface area contributed by atoms with Crippen molar-refractivity contribution in [2.75, 3.05) is 0 Å². The number of hydrogen-bond donors (Lipinski definition) is 3. The number of carbonyl (C=O) groups excluding carboxylic acids is 2. The van der Waals surface area contributed by atoms with Crippen LogP contribution in [0.2, 0.25) is 0 Å². The minimum atomic E-state index is -1.13. The Morgan fingerprint density at radius 1 is 0.647 bits per heavy atom. The maximum absolute atomic E-state index is 13.6. The van der Waals surface area contributed by atoms with Gasteiger partial charge < -0.3 is 15.7 Å².